The molecule has 0 bridgehead atoms. The van der Waals surface area contributed by atoms with E-state index in [0.29, 0.717) is 6.61 Å². The fourth-order valence-corrected chi connectivity index (χ4v) is 4.65. The van der Waals surface area contributed by atoms with Gasteiger partial charge in [0.2, 0.25) is 0 Å². The van der Waals surface area contributed by atoms with Gasteiger partial charge < -0.3 is 24.6 Å². The van der Waals surface area contributed by atoms with Crippen LogP contribution in [0.2, 0.25) is 0 Å². The van der Waals surface area contributed by atoms with Gasteiger partial charge in [-0.25, -0.2) is 4.79 Å². The minimum absolute atomic E-state index is 0.00281. The molecule has 4 rings (SSSR count). The standard InChI is InChI=1S/C25H32N2O5/c28-13-14-30-23-10-5-4-9-21(23)16-27-12-6-11-25(19-27)15-22(18-32-25)26-24(29)31-17-20-7-2-1-3-8-20/h1-5,7-10,22,28H,6,11-19H2,(H,26,29). The minimum Gasteiger partial charge on any atom is -0.491 e. The zero-order valence-electron chi connectivity index (χ0n) is 18.4. The maximum atomic E-state index is 12.2. The van der Waals surface area contributed by atoms with Gasteiger partial charge in [-0.2, -0.15) is 0 Å². The van der Waals surface area contributed by atoms with E-state index in [4.69, 9.17) is 19.3 Å². The first-order valence-corrected chi connectivity index (χ1v) is 11.3. The van der Waals surface area contributed by atoms with Crippen molar-refractivity contribution >= 4 is 6.09 Å². The molecule has 7 nitrogen and oxygen atoms in total. The lowest BCUT2D eigenvalue weighted by atomic mass is 9.88. The van der Waals surface area contributed by atoms with Gasteiger partial charge in [-0.1, -0.05) is 48.5 Å². The molecule has 0 saturated carbocycles. The molecule has 1 amide bonds. The average Bonchev–Trinajstić information content (AvgIpc) is 3.19. The number of carbonyl (C=O) groups is 1. The largest absolute Gasteiger partial charge is 0.491 e. The van der Waals surface area contributed by atoms with E-state index in [9.17, 15) is 4.79 Å². The monoisotopic (exact) mass is 440 g/mol. The highest BCUT2D eigenvalue weighted by Crippen LogP contribution is 2.35. The van der Waals surface area contributed by atoms with Crippen molar-refractivity contribution in [1.29, 1.82) is 0 Å². The highest BCUT2D eigenvalue weighted by atomic mass is 16.6. The molecule has 0 radical (unpaired) electrons. The normalized spacial score (nSPS) is 23.2. The van der Waals surface area contributed by atoms with Gasteiger partial charge in [-0.3, -0.25) is 4.90 Å². The number of nitrogens with zero attached hydrogens (tertiary/aromatic N) is 1. The smallest absolute Gasteiger partial charge is 0.407 e. The number of amides is 1. The molecular weight excluding hydrogens is 408 g/mol. The highest BCUT2D eigenvalue weighted by Gasteiger charge is 2.44. The van der Waals surface area contributed by atoms with Crippen LogP contribution >= 0.6 is 0 Å². The molecule has 2 aliphatic heterocycles. The summed E-state index contributed by atoms with van der Waals surface area (Å²) >= 11 is 0. The number of aliphatic hydroxyl groups excluding tert-OH is 1. The van der Waals surface area contributed by atoms with Crippen LogP contribution in [0.4, 0.5) is 4.79 Å². The number of alkyl carbamates (subject to hydrolysis) is 1. The molecule has 32 heavy (non-hydrogen) atoms. The van der Waals surface area contributed by atoms with Crippen LogP contribution in [0.5, 0.6) is 5.75 Å². The summed E-state index contributed by atoms with van der Waals surface area (Å²) in [5.41, 5.74) is 1.83. The Balaban J connectivity index is 1.28. The van der Waals surface area contributed by atoms with E-state index in [1.165, 1.54) is 0 Å². The number of ether oxygens (including phenoxy) is 3. The van der Waals surface area contributed by atoms with Crippen molar-refractivity contribution in [3.8, 4) is 5.75 Å². The van der Waals surface area contributed by atoms with Crippen molar-refractivity contribution in [2.24, 2.45) is 0 Å². The number of para-hydroxylation sites is 1. The molecule has 2 heterocycles. The van der Waals surface area contributed by atoms with Gasteiger partial charge >= 0.3 is 6.09 Å². The second-order valence-electron chi connectivity index (χ2n) is 8.60. The van der Waals surface area contributed by atoms with E-state index in [1.54, 1.807) is 0 Å². The molecule has 2 fully saturated rings. The van der Waals surface area contributed by atoms with Crippen LogP contribution in [0.15, 0.2) is 54.6 Å². The van der Waals surface area contributed by atoms with Crippen LogP contribution in [0.3, 0.4) is 0 Å². The Kier molecular flexibility index (Phi) is 7.63. The number of hydrogen-bond acceptors (Lipinski definition) is 6. The summed E-state index contributed by atoms with van der Waals surface area (Å²) in [5, 5.41) is 12.0. The molecule has 2 atom stereocenters. The molecule has 0 aromatic heterocycles. The van der Waals surface area contributed by atoms with E-state index in [1.807, 2.05) is 48.5 Å². The Hall–Kier alpha value is -2.61. The number of hydrogen-bond donors (Lipinski definition) is 2. The highest BCUT2D eigenvalue weighted by molar-refractivity contribution is 5.67. The predicted octanol–water partition coefficient (Wildman–Crippen LogP) is 3.11. The van der Waals surface area contributed by atoms with Crippen molar-refractivity contribution < 1.29 is 24.1 Å². The third kappa shape index (κ3) is 6.00. The lowest BCUT2D eigenvalue weighted by Gasteiger charge is -2.40. The Morgan fingerprint density at radius 2 is 2.00 bits per heavy atom. The molecule has 2 aliphatic rings. The Morgan fingerprint density at radius 3 is 2.84 bits per heavy atom. The summed E-state index contributed by atoms with van der Waals surface area (Å²) in [7, 11) is 0. The number of benzene rings is 2. The third-order valence-corrected chi connectivity index (χ3v) is 6.08. The predicted molar refractivity (Wildman–Crippen MR) is 120 cm³/mol. The maximum absolute atomic E-state index is 12.2. The van der Waals surface area contributed by atoms with Crippen molar-refractivity contribution in [1.82, 2.24) is 10.2 Å². The van der Waals surface area contributed by atoms with Gasteiger partial charge in [0.1, 0.15) is 19.0 Å². The average molecular weight is 441 g/mol. The Bertz CT molecular complexity index is 878. The van der Waals surface area contributed by atoms with Crippen LogP contribution in [-0.4, -0.2) is 60.7 Å². The van der Waals surface area contributed by atoms with Crippen LogP contribution in [-0.2, 0) is 22.6 Å². The van der Waals surface area contributed by atoms with E-state index in [2.05, 4.69) is 16.3 Å². The number of aliphatic hydroxyl groups is 1. The number of nitrogens with one attached hydrogen (secondary N) is 1. The molecule has 7 heteroatoms. The lowest BCUT2D eigenvalue weighted by Crippen LogP contribution is -2.48. The fourth-order valence-electron chi connectivity index (χ4n) is 4.65. The summed E-state index contributed by atoms with van der Waals surface area (Å²) < 4.78 is 17.3. The summed E-state index contributed by atoms with van der Waals surface area (Å²) in [4.78, 5) is 14.6. The van der Waals surface area contributed by atoms with Gasteiger partial charge in [0.25, 0.3) is 0 Å². The molecule has 0 aliphatic carbocycles. The molecule has 2 saturated heterocycles. The summed E-state index contributed by atoms with van der Waals surface area (Å²) in [6.07, 6.45) is 2.42. The second kappa shape index (κ2) is 10.8. The van der Waals surface area contributed by atoms with Crippen molar-refractivity contribution in [2.45, 2.75) is 44.1 Å². The molecule has 1 spiro atoms. The van der Waals surface area contributed by atoms with Gasteiger partial charge in [0, 0.05) is 25.1 Å². The Morgan fingerprint density at radius 1 is 1.19 bits per heavy atom. The quantitative estimate of drug-likeness (QED) is 0.657. The van der Waals surface area contributed by atoms with E-state index in [0.717, 1.165) is 55.8 Å². The number of rotatable bonds is 8. The first-order chi connectivity index (χ1) is 15.7. The molecule has 2 aromatic carbocycles. The van der Waals surface area contributed by atoms with Crippen LogP contribution in [0.1, 0.15) is 30.4 Å². The molecule has 172 valence electrons. The Labute approximate surface area is 189 Å². The fraction of sp³-hybridized carbons (Fsp3) is 0.480. The van der Waals surface area contributed by atoms with E-state index in [-0.39, 0.29) is 31.5 Å². The molecular formula is C25H32N2O5. The number of piperidine rings is 1. The van der Waals surface area contributed by atoms with Gasteiger partial charge in [0.05, 0.1) is 24.9 Å². The van der Waals surface area contributed by atoms with Gasteiger partial charge in [-0.15, -0.1) is 0 Å². The molecule has 2 unspecified atom stereocenters. The SMILES string of the molecule is O=C(NC1COC2(CCCN(Cc3ccccc3OCCO)C2)C1)OCc1ccccc1. The summed E-state index contributed by atoms with van der Waals surface area (Å²) in [6.45, 7) is 3.63. The summed E-state index contributed by atoms with van der Waals surface area (Å²) in [6, 6.07) is 17.6. The van der Waals surface area contributed by atoms with Crippen LogP contribution in [0, 0.1) is 0 Å². The zero-order chi connectivity index (χ0) is 22.2. The van der Waals surface area contributed by atoms with Crippen LogP contribution < -0.4 is 10.1 Å². The van der Waals surface area contributed by atoms with Gasteiger partial charge in [0.15, 0.2) is 0 Å². The first kappa shape index (κ1) is 22.6. The second-order valence-corrected chi connectivity index (χ2v) is 8.60. The van der Waals surface area contributed by atoms with Crippen molar-refractivity contribution in [3.05, 3.63) is 65.7 Å². The van der Waals surface area contributed by atoms with E-state index >= 15 is 0 Å². The number of carbonyl (C=O) groups excluding carboxylic acids is 1. The molecule has 2 aromatic rings. The first-order valence-electron chi connectivity index (χ1n) is 11.3. The van der Waals surface area contributed by atoms with E-state index < -0.39 is 6.09 Å². The number of likely N-dealkylation sites (tertiary alicyclic amines) is 1. The van der Waals surface area contributed by atoms with Crippen molar-refractivity contribution in [3.63, 3.8) is 0 Å². The lowest BCUT2D eigenvalue weighted by molar-refractivity contribution is -0.0535. The molecule has 2 N–H and O–H groups in total. The zero-order valence-corrected chi connectivity index (χ0v) is 18.4. The minimum atomic E-state index is -0.401. The maximum Gasteiger partial charge on any atom is 0.407 e. The topological polar surface area (TPSA) is 80.3 Å². The summed E-state index contributed by atoms with van der Waals surface area (Å²) in [5.74, 6) is 0.814. The van der Waals surface area contributed by atoms with Crippen molar-refractivity contribution in [2.75, 3.05) is 32.9 Å². The van der Waals surface area contributed by atoms with Gasteiger partial charge in [-0.05, 0) is 31.0 Å². The third-order valence-electron chi connectivity index (χ3n) is 6.08. The van der Waals surface area contributed by atoms with Crippen LogP contribution in [0.25, 0.3) is 0 Å².